The van der Waals surface area contributed by atoms with E-state index in [2.05, 4.69) is 4.90 Å². The van der Waals surface area contributed by atoms with Gasteiger partial charge in [-0.05, 0) is 74.6 Å². The molecule has 1 saturated carbocycles. The van der Waals surface area contributed by atoms with Gasteiger partial charge in [0.15, 0.2) is 0 Å². The second-order valence-corrected chi connectivity index (χ2v) is 11.5. The molecule has 0 aromatic heterocycles. The van der Waals surface area contributed by atoms with Crippen LogP contribution in [0.4, 0.5) is 11.4 Å². The molecule has 3 aliphatic rings. The van der Waals surface area contributed by atoms with Gasteiger partial charge in [0.05, 0.1) is 4.90 Å². The number of anilines is 2. The Morgan fingerprint density at radius 1 is 1.00 bits per heavy atom. The minimum Gasteiger partial charge on any atom is -0.369 e. The Balaban J connectivity index is 1.33. The molecule has 0 spiro atoms. The predicted octanol–water partition coefficient (Wildman–Crippen LogP) is 3.85. The molecule has 0 radical (unpaired) electrons. The molecule has 0 bridgehead atoms. The molecule has 6 nitrogen and oxygen atoms in total. The van der Waals surface area contributed by atoms with E-state index in [1.807, 2.05) is 43.0 Å². The lowest BCUT2D eigenvalue weighted by Gasteiger charge is -2.36. The van der Waals surface area contributed by atoms with E-state index in [0.717, 1.165) is 35.3 Å². The molecule has 1 amide bonds. The molecule has 32 heavy (non-hydrogen) atoms. The van der Waals surface area contributed by atoms with Crippen molar-refractivity contribution in [1.29, 1.82) is 0 Å². The van der Waals surface area contributed by atoms with Crippen LogP contribution in [0, 0.1) is 12.8 Å². The maximum atomic E-state index is 13.4. The Morgan fingerprint density at radius 2 is 1.72 bits per heavy atom. The fraction of sp³-hybridized carbons (Fsp3) is 0.458. The maximum absolute atomic E-state index is 13.4. The Hall–Kier alpha value is -2.09. The van der Waals surface area contributed by atoms with Gasteiger partial charge in [0.1, 0.15) is 0 Å². The van der Waals surface area contributed by atoms with Gasteiger partial charge in [-0.2, -0.15) is 4.31 Å². The van der Waals surface area contributed by atoms with E-state index in [1.165, 1.54) is 0 Å². The molecule has 5 rings (SSSR count). The summed E-state index contributed by atoms with van der Waals surface area (Å²) >= 11 is 6.17. The third-order valence-electron chi connectivity index (χ3n) is 6.82. The topological polar surface area (TPSA) is 60.9 Å². The van der Waals surface area contributed by atoms with Gasteiger partial charge in [-0.1, -0.05) is 17.7 Å². The number of hydrogen-bond acceptors (Lipinski definition) is 4. The van der Waals surface area contributed by atoms with Gasteiger partial charge in [-0.15, -0.1) is 0 Å². The standard InChI is InChI=1S/C24H28ClN3O3S/c1-16-3-6-20(25)15-23(16)26-9-11-27(12-10-26)32(30,31)21-7-8-22-19(14-21)13-17(2)28(22)24(29)18-4-5-18/h3,6-8,14-15,17-18H,4-5,9-13H2,1-2H3/t17-/m0/s1. The minimum absolute atomic E-state index is 0.0699. The Labute approximate surface area is 194 Å². The smallest absolute Gasteiger partial charge is 0.243 e. The quantitative estimate of drug-likeness (QED) is 0.676. The van der Waals surface area contributed by atoms with Crippen molar-refractivity contribution >= 4 is 38.9 Å². The maximum Gasteiger partial charge on any atom is 0.243 e. The monoisotopic (exact) mass is 473 g/mol. The predicted molar refractivity (Wildman–Crippen MR) is 127 cm³/mol. The van der Waals surface area contributed by atoms with Crippen LogP contribution < -0.4 is 9.80 Å². The van der Waals surface area contributed by atoms with Crippen molar-refractivity contribution in [2.75, 3.05) is 36.0 Å². The number of carbonyl (C=O) groups excluding carboxylic acids is 1. The average Bonchev–Trinajstić information content (AvgIpc) is 3.57. The summed E-state index contributed by atoms with van der Waals surface area (Å²) in [5.41, 5.74) is 4.00. The molecule has 8 heteroatoms. The molecular formula is C24H28ClN3O3S. The molecule has 1 atom stereocenters. The number of nitrogens with zero attached hydrogens (tertiary/aromatic N) is 3. The number of aryl methyl sites for hydroxylation is 1. The summed E-state index contributed by atoms with van der Waals surface area (Å²) in [5, 5.41) is 0.683. The van der Waals surface area contributed by atoms with Crippen molar-refractivity contribution in [2.24, 2.45) is 5.92 Å². The summed E-state index contributed by atoms with van der Waals surface area (Å²) < 4.78 is 28.3. The average molecular weight is 474 g/mol. The molecule has 2 fully saturated rings. The molecule has 170 valence electrons. The molecule has 1 aliphatic carbocycles. The van der Waals surface area contributed by atoms with Crippen molar-refractivity contribution in [3.63, 3.8) is 0 Å². The molecule has 2 aromatic carbocycles. The van der Waals surface area contributed by atoms with E-state index in [4.69, 9.17) is 11.6 Å². The number of carbonyl (C=O) groups is 1. The van der Waals surface area contributed by atoms with Crippen molar-refractivity contribution in [2.45, 2.75) is 44.0 Å². The largest absolute Gasteiger partial charge is 0.369 e. The zero-order valence-electron chi connectivity index (χ0n) is 18.4. The van der Waals surface area contributed by atoms with Gasteiger partial charge in [-0.3, -0.25) is 4.79 Å². The van der Waals surface area contributed by atoms with Crippen LogP contribution >= 0.6 is 11.6 Å². The van der Waals surface area contributed by atoms with Crippen LogP contribution in [-0.4, -0.2) is 50.9 Å². The van der Waals surface area contributed by atoms with Crippen LogP contribution in [-0.2, 0) is 21.2 Å². The van der Waals surface area contributed by atoms with E-state index in [9.17, 15) is 13.2 Å². The van der Waals surface area contributed by atoms with Crippen LogP contribution in [0.15, 0.2) is 41.3 Å². The number of sulfonamides is 1. The van der Waals surface area contributed by atoms with Gasteiger partial charge in [0.2, 0.25) is 15.9 Å². The molecule has 2 heterocycles. The SMILES string of the molecule is Cc1ccc(Cl)cc1N1CCN(S(=O)(=O)c2ccc3c(c2)C[C@H](C)N3C(=O)C2CC2)CC1. The highest BCUT2D eigenvalue weighted by Crippen LogP contribution is 2.40. The van der Waals surface area contributed by atoms with Gasteiger partial charge in [0.25, 0.3) is 0 Å². The lowest BCUT2D eigenvalue weighted by molar-refractivity contribution is -0.120. The van der Waals surface area contributed by atoms with Crippen molar-refractivity contribution in [1.82, 2.24) is 4.31 Å². The van der Waals surface area contributed by atoms with E-state index >= 15 is 0 Å². The molecule has 0 unspecified atom stereocenters. The molecule has 1 saturated heterocycles. The highest BCUT2D eigenvalue weighted by atomic mass is 35.5. The number of fused-ring (bicyclic) bond motifs is 1. The number of rotatable bonds is 4. The summed E-state index contributed by atoms with van der Waals surface area (Å²) in [6.45, 7) is 6.16. The Kier molecular flexibility index (Phi) is 5.47. The summed E-state index contributed by atoms with van der Waals surface area (Å²) in [7, 11) is -3.59. The zero-order chi connectivity index (χ0) is 22.6. The molecule has 2 aromatic rings. The first-order valence-corrected chi connectivity index (χ1v) is 13.0. The van der Waals surface area contributed by atoms with Crippen LogP contribution in [0.3, 0.4) is 0 Å². The Bertz CT molecular complexity index is 1170. The number of hydrogen-bond donors (Lipinski definition) is 0. The van der Waals surface area contributed by atoms with Crippen molar-refractivity contribution < 1.29 is 13.2 Å². The normalized spacial score (nSPS) is 21.7. The second kappa shape index (κ2) is 8.04. The van der Waals surface area contributed by atoms with E-state index in [-0.39, 0.29) is 17.9 Å². The third kappa shape index (κ3) is 3.80. The van der Waals surface area contributed by atoms with Crippen molar-refractivity contribution in [3.05, 3.63) is 52.5 Å². The number of benzene rings is 2. The van der Waals surface area contributed by atoms with E-state index in [0.29, 0.717) is 42.5 Å². The lowest BCUT2D eigenvalue weighted by atomic mass is 10.1. The van der Waals surface area contributed by atoms with Crippen LogP contribution in [0.25, 0.3) is 0 Å². The minimum atomic E-state index is -3.59. The Morgan fingerprint density at radius 3 is 2.41 bits per heavy atom. The van der Waals surface area contributed by atoms with Crippen LogP contribution in [0.2, 0.25) is 5.02 Å². The summed E-state index contributed by atoms with van der Waals surface area (Å²) in [6.07, 6.45) is 2.62. The first-order chi connectivity index (χ1) is 15.3. The zero-order valence-corrected chi connectivity index (χ0v) is 20.0. The molecular weight excluding hydrogens is 446 g/mol. The second-order valence-electron chi connectivity index (χ2n) is 9.15. The third-order valence-corrected chi connectivity index (χ3v) is 8.95. The first-order valence-electron chi connectivity index (χ1n) is 11.2. The molecule has 2 aliphatic heterocycles. The fourth-order valence-corrected chi connectivity index (χ4v) is 6.51. The highest BCUT2D eigenvalue weighted by Gasteiger charge is 2.40. The van der Waals surface area contributed by atoms with Crippen LogP contribution in [0.5, 0.6) is 0 Å². The summed E-state index contributed by atoms with van der Waals surface area (Å²) in [4.78, 5) is 17.1. The highest BCUT2D eigenvalue weighted by molar-refractivity contribution is 7.89. The number of halogens is 1. The van der Waals surface area contributed by atoms with E-state index < -0.39 is 10.0 Å². The van der Waals surface area contributed by atoms with E-state index in [1.54, 1.807) is 16.4 Å². The van der Waals surface area contributed by atoms with Crippen LogP contribution in [0.1, 0.15) is 30.9 Å². The number of amides is 1. The fourth-order valence-electron chi connectivity index (χ4n) is 4.87. The molecule has 0 N–H and O–H groups in total. The van der Waals surface area contributed by atoms with Gasteiger partial charge in [0, 0.05) is 54.5 Å². The van der Waals surface area contributed by atoms with Crippen molar-refractivity contribution in [3.8, 4) is 0 Å². The van der Waals surface area contributed by atoms with Gasteiger partial charge in [-0.25, -0.2) is 8.42 Å². The summed E-state index contributed by atoms with van der Waals surface area (Å²) in [6, 6.07) is 11.1. The van der Waals surface area contributed by atoms with Gasteiger partial charge >= 0.3 is 0 Å². The van der Waals surface area contributed by atoms with Gasteiger partial charge < -0.3 is 9.80 Å². The lowest BCUT2D eigenvalue weighted by Crippen LogP contribution is -2.48. The first kappa shape index (κ1) is 21.7. The number of piperazine rings is 1. The summed E-state index contributed by atoms with van der Waals surface area (Å²) in [5.74, 6) is 0.325.